The third-order valence-corrected chi connectivity index (χ3v) is 7.55. The van der Waals surface area contributed by atoms with Crippen LogP contribution in [0.5, 0.6) is 0 Å². The first-order valence-electron chi connectivity index (χ1n) is 8.69. The van der Waals surface area contributed by atoms with Crippen LogP contribution in [-0.2, 0) is 4.79 Å². The number of carbonyl (C=O) groups is 1. The van der Waals surface area contributed by atoms with Gasteiger partial charge in [-0.1, -0.05) is 13.3 Å². The van der Waals surface area contributed by atoms with Crippen molar-refractivity contribution in [2.45, 2.75) is 71.1 Å². The van der Waals surface area contributed by atoms with Crippen LogP contribution in [0.1, 0.15) is 71.1 Å². The lowest BCUT2D eigenvalue weighted by molar-refractivity contribution is -0.127. The summed E-state index contributed by atoms with van der Waals surface area (Å²) in [5.41, 5.74) is 0.693. The summed E-state index contributed by atoms with van der Waals surface area (Å²) in [5, 5.41) is 0. The first-order valence-corrected chi connectivity index (χ1v) is 8.69. The van der Waals surface area contributed by atoms with Gasteiger partial charge in [0.2, 0.25) is 0 Å². The quantitative estimate of drug-likeness (QED) is 0.622. The van der Waals surface area contributed by atoms with Gasteiger partial charge in [-0.3, -0.25) is 4.79 Å². The molecule has 106 valence electrons. The summed E-state index contributed by atoms with van der Waals surface area (Å²) in [5.74, 6) is 5.29. The van der Waals surface area contributed by atoms with Crippen LogP contribution in [0.2, 0.25) is 0 Å². The SMILES string of the molecule is CC12CCCC1C1CC[C@H]3CC(=O)CCC3C1CC2. The highest BCUT2D eigenvalue weighted by atomic mass is 16.1. The molecule has 0 aromatic heterocycles. The molecule has 4 aliphatic rings. The van der Waals surface area contributed by atoms with Crippen molar-refractivity contribution in [1.29, 1.82) is 0 Å². The highest BCUT2D eigenvalue weighted by Crippen LogP contribution is 2.62. The Morgan fingerprint density at radius 1 is 0.947 bits per heavy atom. The minimum atomic E-state index is 0.557. The molecule has 1 nitrogen and oxygen atoms in total. The second-order valence-corrected chi connectivity index (χ2v) is 8.30. The number of carbonyl (C=O) groups excluding carboxylic acids is 1. The van der Waals surface area contributed by atoms with E-state index in [-0.39, 0.29) is 0 Å². The Morgan fingerprint density at radius 3 is 2.74 bits per heavy atom. The molecule has 0 aliphatic heterocycles. The predicted molar refractivity (Wildman–Crippen MR) is 76.7 cm³/mol. The monoisotopic (exact) mass is 260 g/mol. The fourth-order valence-electron chi connectivity index (χ4n) is 6.65. The Morgan fingerprint density at radius 2 is 1.84 bits per heavy atom. The van der Waals surface area contributed by atoms with E-state index in [1.807, 2.05) is 0 Å². The first kappa shape index (κ1) is 12.4. The molecule has 5 unspecified atom stereocenters. The maximum absolute atomic E-state index is 11.7. The van der Waals surface area contributed by atoms with Gasteiger partial charge in [0.25, 0.3) is 0 Å². The number of rotatable bonds is 0. The van der Waals surface area contributed by atoms with Crippen LogP contribution >= 0.6 is 0 Å². The second-order valence-electron chi connectivity index (χ2n) is 8.30. The van der Waals surface area contributed by atoms with E-state index in [9.17, 15) is 4.79 Å². The van der Waals surface area contributed by atoms with Crippen LogP contribution < -0.4 is 0 Å². The van der Waals surface area contributed by atoms with Gasteiger partial charge in [0.1, 0.15) is 5.78 Å². The van der Waals surface area contributed by atoms with Gasteiger partial charge in [-0.05, 0) is 80.0 Å². The molecule has 0 radical (unpaired) electrons. The van der Waals surface area contributed by atoms with Gasteiger partial charge in [0.15, 0.2) is 0 Å². The number of Topliss-reactive ketones (excluding diaryl/α,β-unsaturated/α-hetero) is 1. The molecule has 0 aromatic carbocycles. The first-order chi connectivity index (χ1) is 9.17. The molecule has 0 heterocycles. The summed E-state index contributed by atoms with van der Waals surface area (Å²) in [7, 11) is 0. The van der Waals surface area contributed by atoms with Gasteiger partial charge in [-0.2, -0.15) is 0 Å². The standard InChI is InChI=1S/C18H28O/c1-18-9-2-3-17(18)16-6-4-12-11-13(19)5-7-14(12)15(16)8-10-18/h12,14-17H,2-11H2,1H3/t12-,14?,15?,16?,17?,18?/m0/s1. The van der Waals surface area contributed by atoms with Gasteiger partial charge in [-0.25, -0.2) is 0 Å². The van der Waals surface area contributed by atoms with E-state index in [0.717, 1.165) is 42.4 Å². The number of hydrogen-bond donors (Lipinski definition) is 0. The van der Waals surface area contributed by atoms with E-state index < -0.39 is 0 Å². The zero-order valence-electron chi connectivity index (χ0n) is 12.4. The molecule has 0 N–H and O–H groups in total. The number of hydrogen-bond acceptors (Lipinski definition) is 1. The van der Waals surface area contributed by atoms with Crippen molar-refractivity contribution < 1.29 is 4.79 Å². The Hall–Kier alpha value is -0.330. The van der Waals surface area contributed by atoms with E-state index in [1.165, 1.54) is 51.4 Å². The van der Waals surface area contributed by atoms with E-state index in [0.29, 0.717) is 11.2 Å². The van der Waals surface area contributed by atoms with Gasteiger partial charge >= 0.3 is 0 Å². The zero-order chi connectivity index (χ0) is 13.0. The summed E-state index contributed by atoms with van der Waals surface area (Å²) >= 11 is 0. The molecule has 4 aliphatic carbocycles. The molecule has 4 fully saturated rings. The molecule has 0 saturated heterocycles. The van der Waals surface area contributed by atoms with Crippen molar-refractivity contribution in [2.75, 3.05) is 0 Å². The third kappa shape index (κ3) is 1.83. The molecule has 0 aromatic rings. The summed E-state index contributed by atoms with van der Waals surface area (Å²) < 4.78 is 0. The van der Waals surface area contributed by atoms with Crippen molar-refractivity contribution in [3.05, 3.63) is 0 Å². The van der Waals surface area contributed by atoms with Crippen LogP contribution in [0.4, 0.5) is 0 Å². The van der Waals surface area contributed by atoms with Crippen molar-refractivity contribution in [3.8, 4) is 0 Å². The van der Waals surface area contributed by atoms with Crippen molar-refractivity contribution in [2.24, 2.45) is 35.0 Å². The van der Waals surface area contributed by atoms with Crippen LogP contribution in [0, 0.1) is 35.0 Å². The minimum absolute atomic E-state index is 0.557. The summed E-state index contributed by atoms with van der Waals surface area (Å²) in [6.07, 6.45) is 13.3. The normalized spacial score (nSPS) is 53.3. The van der Waals surface area contributed by atoms with Gasteiger partial charge in [0.05, 0.1) is 0 Å². The number of ketones is 1. The molecule has 6 atom stereocenters. The molecule has 0 bridgehead atoms. The Balaban J connectivity index is 1.58. The summed E-state index contributed by atoms with van der Waals surface area (Å²) in [4.78, 5) is 11.7. The lowest BCUT2D eigenvalue weighted by atomic mass is 9.51. The van der Waals surface area contributed by atoms with Gasteiger partial charge in [-0.15, -0.1) is 0 Å². The number of fused-ring (bicyclic) bond motifs is 5. The average molecular weight is 260 g/mol. The fourth-order valence-corrected chi connectivity index (χ4v) is 6.65. The zero-order valence-corrected chi connectivity index (χ0v) is 12.4. The van der Waals surface area contributed by atoms with Crippen LogP contribution in [0.25, 0.3) is 0 Å². The lowest BCUT2D eigenvalue weighted by Gasteiger charge is -2.54. The Kier molecular flexibility index (Phi) is 2.83. The highest BCUT2D eigenvalue weighted by Gasteiger charge is 2.53. The largest absolute Gasteiger partial charge is 0.300 e. The van der Waals surface area contributed by atoms with Crippen LogP contribution in [-0.4, -0.2) is 5.78 Å². The Bertz CT molecular complexity index is 387. The minimum Gasteiger partial charge on any atom is -0.300 e. The Labute approximate surface area is 117 Å². The highest BCUT2D eigenvalue weighted by molar-refractivity contribution is 5.79. The predicted octanol–water partition coefficient (Wildman–Crippen LogP) is 4.60. The van der Waals surface area contributed by atoms with Crippen molar-refractivity contribution in [3.63, 3.8) is 0 Å². The molecule has 19 heavy (non-hydrogen) atoms. The summed E-state index contributed by atoms with van der Waals surface area (Å²) in [6.45, 7) is 2.58. The van der Waals surface area contributed by atoms with Crippen LogP contribution in [0.15, 0.2) is 0 Å². The lowest BCUT2D eigenvalue weighted by Crippen LogP contribution is -2.47. The molecule has 0 amide bonds. The molecule has 4 saturated carbocycles. The average Bonchev–Trinajstić information content (AvgIpc) is 2.79. The molecule has 1 heteroatoms. The fraction of sp³-hybridized carbons (Fsp3) is 0.944. The van der Waals surface area contributed by atoms with Crippen LogP contribution in [0.3, 0.4) is 0 Å². The molecular formula is C18H28O. The maximum atomic E-state index is 11.7. The van der Waals surface area contributed by atoms with E-state index in [1.54, 1.807) is 0 Å². The smallest absolute Gasteiger partial charge is 0.133 e. The van der Waals surface area contributed by atoms with Gasteiger partial charge in [0, 0.05) is 12.8 Å². The van der Waals surface area contributed by atoms with Gasteiger partial charge < -0.3 is 0 Å². The van der Waals surface area contributed by atoms with Crippen molar-refractivity contribution >= 4 is 5.78 Å². The topological polar surface area (TPSA) is 17.1 Å². The maximum Gasteiger partial charge on any atom is 0.133 e. The van der Waals surface area contributed by atoms with Crippen molar-refractivity contribution in [1.82, 2.24) is 0 Å². The van der Waals surface area contributed by atoms with E-state index >= 15 is 0 Å². The molecule has 4 rings (SSSR count). The second kappa shape index (κ2) is 4.33. The van der Waals surface area contributed by atoms with E-state index in [2.05, 4.69) is 6.92 Å². The van der Waals surface area contributed by atoms with E-state index in [4.69, 9.17) is 0 Å². The summed E-state index contributed by atoms with van der Waals surface area (Å²) in [6, 6.07) is 0. The third-order valence-electron chi connectivity index (χ3n) is 7.55. The molecular weight excluding hydrogens is 232 g/mol. The molecule has 0 spiro atoms.